The van der Waals surface area contributed by atoms with Crippen molar-refractivity contribution < 1.29 is 4.74 Å². The van der Waals surface area contributed by atoms with Crippen LogP contribution in [0, 0.1) is 0 Å². The molecule has 1 heterocycles. The van der Waals surface area contributed by atoms with Crippen LogP contribution in [0.5, 0.6) is 6.01 Å². The molecule has 6 heteroatoms. The van der Waals surface area contributed by atoms with E-state index in [1.165, 1.54) is 10.6 Å². The van der Waals surface area contributed by atoms with Gasteiger partial charge in [-0.25, -0.2) is 18.7 Å². The van der Waals surface area contributed by atoms with Crippen LogP contribution < -0.4 is 16.1 Å². The molecule has 114 valence electrons. The third kappa shape index (κ3) is 3.41. The molecule has 6 nitrogen and oxygen atoms in total. The van der Waals surface area contributed by atoms with Crippen molar-refractivity contribution in [1.82, 2.24) is 14.1 Å². The highest BCUT2D eigenvalue weighted by atomic mass is 16.5. The first-order valence-corrected chi connectivity index (χ1v) is 6.77. The fourth-order valence-electron chi connectivity index (χ4n) is 1.91. The van der Waals surface area contributed by atoms with Gasteiger partial charge in [0.1, 0.15) is 6.61 Å². The molecule has 0 aliphatic heterocycles. The third-order valence-corrected chi connectivity index (χ3v) is 2.95. The largest absolute Gasteiger partial charge is 0.460 e. The van der Waals surface area contributed by atoms with Gasteiger partial charge >= 0.3 is 17.4 Å². The molecular weight excluding hydrogens is 282 g/mol. The number of ether oxygens (including phenoxy) is 1. The van der Waals surface area contributed by atoms with Gasteiger partial charge in [0.15, 0.2) is 0 Å². The second kappa shape index (κ2) is 7.21. The van der Waals surface area contributed by atoms with Crippen LogP contribution in [0.4, 0.5) is 0 Å². The summed E-state index contributed by atoms with van der Waals surface area (Å²) in [5.74, 6) is 0. The summed E-state index contributed by atoms with van der Waals surface area (Å²) >= 11 is 0. The highest BCUT2D eigenvalue weighted by Gasteiger charge is 2.12. The van der Waals surface area contributed by atoms with Crippen molar-refractivity contribution in [2.75, 3.05) is 0 Å². The molecule has 0 spiro atoms. The third-order valence-electron chi connectivity index (χ3n) is 2.95. The number of allylic oxidation sites excluding steroid dienone is 2. The second-order valence-corrected chi connectivity index (χ2v) is 4.53. The van der Waals surface area contributed by atoms with Gasteiger partial charge in [0.05, 0.1) is 6.54 Å². The van der Waals surface area contributed by atoms with Crippen LogP contribution in [0.1, 0.15) is 5.56 Å². The van der Waals surface area contributed by atoms with E-state index < -0.39 is 11.4 Å². The number of benzene rings is 1. The molecule has 1 aromatic heterocycles. The van der Waals surface area contributed by atoms with E-state index in [1.54, 1.807) is 6.08 Å². The fourth-order valence-corrected chi connectivity index (χ4v) is 1.91. The SMILES string of the molecule is C=CCn1c(OCc2ccccc2)nc(=O)n(CC=C)c1=O. The van der Waals surface area contributed by atoms with Crippen molar-refractivity contribution in [2.24, 2.45) is 0 Å². The van der Waals surface area contributed by atoms with Crippen LogP contribution in [0.2, 0.25) is 0 Å². The van der Waals surface area contributed by atoms with Gasteiger partial charge in [-0.15, -0.1) is 18.1 Å². The van der Waals surface area contributed by atoms with Crippen LogP contribution >= 0.6 is 0 Å². The zero-order valence-electron chi connectivity index (χ0n) is 12.1. The van der Waals surface area contributed by atoms with Crippen molar-refractivity contribution in [3.63, 3.8) is 0 Å². The molecule has 0 N–H and O–H groups in total. The van der Waals surface area contributed by atoms with Gasteiger partial charge in [-0.1, -0.05) is 42.5 Å². The molecule has 0 amide bonds. The van der Waals surface area contributed by atoms with E-state index in [4.69, 9.17) is 4.74 Å². The van der Waals surface area contributed by atoms with E-state index in [1.807, 2.05) is 30.3 Å². The molecule has 2 rings (SSSR count). The minimum absolute atomic E-state index is 0.0148. The van der Waals surface area contributed by atoms with Crippen molar-refractivity contribution in [3.8, 4) is 6.01 Å². The Labute approximate surface area is 127 Å². The Bertz CT molecular complexity index is 775. The average Bonchev–Trinajstić information content (AvgIpc) is 2.53. The van der Waals surface area contributed by atoms with E-state index >= 15 is 0 Å². The molecule has 0 radical (unpaired) electrons. The Morgan fingerprint density at radius 3 is 2.32 bits per heavy atom. The summed E-state index contributed by atoms with van der Waals surface area (Å²) < 4.78 is 7.79. The molecule has 0 bridgehead atoms. The summed E-state index contributed by atoms with van der Waals surface area (Å²) in [4.78, 5) is 28.1. The van der Waals surface area contributed by atoms with Gasteiger partial charge in [-0.05, 0) is 5.56 Å². The number of nitrogens with zero attached hydrogens (tertiary/aromatic N) is 3. The Hall–Kier alpha value is -2.89. The quantitative estimate of drug-likeness (QED) is 0.724. The standard InChI is InChI=1S/C16H17N3O3/c1-3-10-18-14(20)17-15(19(11-4-2)16(18)21)22-12-13-8-6-5-7-9-13/h3-9H,1-2,10-12H2. The summed E-state index contributed by atoms with van der Waals surface area (Å²) in [6, 6.07) is 9.41. The zero-order valence-corrected chi connectivity index (χ0v) is 12.1. The average molecular weight is 299 g/mol. The molecule has 0 atom stereocenters. The number of rotatable bonds is 7. The van der Waals surface area contributed by atoms with Crippen molar-refractivity contribution in [3.05, 3.63) is 82.2 Å². The van der Waals surface area contributed by atoms with Crippen LogP contribution in [0.15, 0.2) is 65.2 Å². The van der Waals surface area contributed by atoms with E-state index in [-0.39, 0.29) is 25.7 Å². The summed E-state index contributed by atoms with van der Waals surface area (Å²) in [6.45, 7) is 7.65. The van der Waals surface area contributed by atoms with E-state index in [0.29, 0.717) is 0 Å². The van der Waals surface area contributed by atoms with E-state index in [0.717, 1.165) is 10.1 Å². The van der Waals surface area contributed by atoms with Crippen LogP contribution in [-0.2, 0) is 19.7 Å². The number of hydrogen-bond acceptors (Lipinski definition) is 4. The lowest BCUT2D eigenvalue weighted by atomic mass is 10.2. The first kappa shape index (κ1) is 15.5. The maximum Gasteiger partial charge on any atom is 0.356 e. The molecule has 1 aromatic carbocycles. The van der Waals surface area contributed by atoms with Gasteiger partial charge in [0, 0.05) is 6.54 Å². The van der Waals surface area contributed by atoms with Crippen molar-refractivity contribution >= 4 is 0 Å². The molecule has 22 heavy (non-hydrogen) atoms. The normalized spacial score (nSPS) is 10.2. The molecule has 0 saturated carbocycles. The predicted molar refractivity (Wildman–Crippen MR) is 83.9 cm³/mol. The van der Waals surface area contributed by atoms with Gasteiger partial charge in [-0.3, -0.25) is 0 Å². The first-order chi connectivity index (χ1) is 10.7. The maximum atomic E-state index is 12.3. The maximum absolute atomic E-state index is 12.3. The smallest absolute Gasteiger partial charge is 0.356 e. The lowest BCUT2D eigenvalue weighted by Crippen LogP contribution is -2.41. The van der Waals surface area contributed by atoms with Crippen LogP contribution in [0.3, 0.4) is 0 Å². The van der Waals surface area contributed by atoms with Crippen LogP contribution in [-0.4, -0.2) is 14.1 Å². The van der Waals surface area contributed by atoms with Crippen LogP contribution in [0.25, 0.3) is 0 Å². The fraction of sp³-hybridized carbons (Fsp3) is 0.188. The van der Waals surface area contributed by atoms with E-state index in [2.05, 4.69) is 18.1 Å². The lowest BCUT2D eigenvalue weighted by Gasteiger charge is -2.12. The van der Waals surface area contributed by atoms with Crippen molar-refractivity contribution in [1.29, 1.82) is 0 Å². The highest BCUT2D eigenvalue weighted by molar-refractivity contribution is 5.14. The minimum atomic E-state index is -0.659. The van der Waals surface area contributed by atoms with Gasteiger partial charge in [0.25, 0.3) is 0 Å². The number of aromatic nitrogens is 3. The molecule has 0 saturated heterocycles. The minimum Gasteiger partial charge on any atom is -0.460 e. The van der Waals surface area contributed by atoms with E-state index in [9.17, 15) is 9.59 Å². The monoisotopic (exact) mass is 299 g/mol. The first-order valence-electron chi connectivity index (χ1n) is 6.77. The van der Waals surface area contributed by atoms with Gasteiger partial charge < -0.3 is 4.74 Å². The Morgan fingerprint density at radius 1 is 1.05 bits per heavy atom. The molecule has 2 aromatic rings. The molecule has 0 aliphatic rings. The van der Waals surface area contributed by atoms with Crippen molar-refractivity contribution in [2.45, 2.75) is 19.7 Å². The summed E-state index contributed by atoms with van der Waals surface area (Å²) in [6.07, 6.45) is 3.01. The summed E-state index contributed by atoms with van der Waals surface area (Å²) in [5, 5.41) is 0. The predicted octanol–water partition coefficient (Wildman–Crippen LogP) is 1.36. The number of hydrogen-bond donors (Lipinski definition) is 0. The zero-order chi connectivity index (χ0) is 15.9. The second-order valence-electron chi connectivity index (χ2n) is 4.53. The molecule has 0 unspecified atom stereocenters. The Balaban J connectivity index is 2.37. The molecule has 0 fully saturated rings. The molecular formula is C16H17N3O3. The Kier molecular flexibility index (Phi) is 5.08. The lowest BCUT2D eigenvalue weighted by molar-refractivity contribution is 0.256. The van der Waals surface area contributed by atoms with Gasteiger partial charge in [0.2, 0.25) is 0 Å². The Morgan fingerprint density at radius 2 is 1.68 bits per heavy atom. The topological polar surface area (TPSA) is 66.1 Å². The summed E-state index contributed by atoms with van der Waals surface area (Å²) in [7, 11) is 0. The molecule has 0 aliphatic carbocycles. The highest BCUT2D eigenvalue weighted by Crippen LogP contribution is 2.06. The van der Waals surface area contributed by atoms with Gasteiger partial charge in [-0.2, -0.15) is 0 Å². The summed E-state index contributed by atoms with van der Waals surface area (Å²) in [5.41, 5.74) is -0.242.